The Hall–Kier alpha value is -2.73. The molecule has 0 unspecified atom stereocenters. The average molecular weight is 370 g/mol. The first kappa shape index (κ1) is 19.0. The number of anilines is 1. The summed E-state index contributed by atoms with van der Waals surface area (Å²) in [5.41, 5.74) is 1.52. The molecular formula is C21H23FN2O3. The Kier molecular flexibility index (Phi) is 6.19. The van der Waals surface area contributed by atoms with E-state index in [-0.39, 0.29) is 24.1 Å². The lowest BCUT2D eigenvalue weighted by atomic mass is 10.1. The Morgan fingerprint density at radius 1 is 1.11 bits per heavy atom. The van der Waals surface area contributed by atoms with E-state index in [2.05, 4.69) is 5.32 Å². The predicted molar refractivity (Wildman–Crippen MR) is 101 cm³/mol. The van der Waals surface area contributed by atoms with Gasteiger partial charge in [-0.05, 0) is 61.3 Å². The van der Waals surface area contributed by atoms with Gasteiger partial charge in [-0.15, -0.1) is 0 Å². The summed E-state index contributed by atoms with van der Waals surface area (Å²) < 4.78 is 18.5. The molecule has 5 nitrogen and oxygen atoms in total. The lowest BCUT2D eigenvalue weighted by Crippen LogP contribution is -2.39. The van der Waals surface area contributed by atoms with Crippen molar-refractivity contribution in [2.45, 2.75) is 32.2 Å². The molecule has 1 fully saturated rings. The largest absolute Gasteiger partial charge is 0.494 e. The fraction of sp³-hybridized carbons (Fsp3) is 0.333. The molecule has 6 heteroatoms. The number of imide groups is 1. The highest BCUT2D eigenvalue weighted by atomic mass is 19.1. The standard InChI is InChI=1S/C21H23FN2O3/c1-2-13-27-18-9-7-17(8-10-18)24-20(25)14-19(21(24)26)23-12-11-15-3-5-16(22)6-4-15/h3-10,19,23H,2,11-14H2,1H3/t19-/m0/s1. The monoisotopic (exact) mass is 370 g/mol. The van der Waals surface area contributed by atoms with Crippen molar-refractivity contribution in [3.05, 3.63) is 59.9 Å². The smallest absolute Gasteiger partial charge is 0.251 e. The molecule has 2 amide bonds. The van der Waals surface area contributed by atoms with Crippen LogP contribution < -0.4 is 15.0 Å². The summed E-state index contributed by atoms with van der Waals surface area (Å²) in [6.45, 7) is 3.19. The first-order valence-electron chi connectivity index (χ1n) is 9.16. The molecular weight excluding hydrogens is 347 g/mol. The number of hydrogen-bond donors (Lipinski definition) is 1. The molecule has 142 valence electrons. The molecule has 0 bridgehead atoms. The molecule has 3 rings (SSSR count). The van der Waals surface area contributed by atoms with Crippen LogP contribution in [-0.2, 0) is 16.0 Å². The fourth-order valence-corrected chi connectivity index (χ4v) is 3.02. The molecule has 0 aliphatic carbocycles. The summed E-state index contributed by atoms with van der Waals surface area (Å²) in [5, 5.41) is 3.13. The van der Waals surface area contributed by atoms with E-state index in [1.165, 1.54) is 17.0 Å². The maximum Gasteiger partial charge on any atom is 0.251 e. The van der Waals surface area contributed by atoms with Gasteiger partial charge in [0, 0.05) is 0 Å². The minimum absolute atomic E-state index is 0.135. The normalized spacial score (nSPS) is 16.8. The Morgan fingerprint density at radius 3 is 2.48 bits per heavy atom. The van der Waals surface area contributed by atoms with Crippen LogP contribution in [0.5, 0.6) is 5.75 Å². The number of benzene rings is 2. The van der Waals surface area contributed by atoms with E-state index in [1.54, 1.807) is 36.4 Å². The van der Waals surface area contributed by atoms with Crippen molar-refractivity contribution >= 4 is 17.5 Å². The molecule has 1 aliphatic rings. The van der Waals surface area contributed by atoms with E-state index in [0.717, 1.165) is 12.0 Å². The first-order valence-corrected chi connectivity index (χ1v) is 9.16. The van der Waals surface area contributed by atoms with Crippen LogP contribution in [0.4, 0.5) is 10.1 Å². The van der Waals surface area contributed by atoms with Gasteiger partial charge in [0.15, 0.2) is 0 Å². The molecule has 1 atom stereocenters. The highest BCUT2D eigenvalue weighted by Gasteiger charge is 2.39. The number of hydrogen-bond acceptors (Lipinski definition) is 4. The van der Waals surface area contributed by atoms with Crippen molar-refractivity contribution in [3.8, 4) is 5.75 Å². The Bertz CT molecular complexity index is 790. The van der Waals surface area contributed by atoms with Crippen LogP contribution in [0.1, 0.15) is 25.3 Å². The molecule has 27 heavy (non-hydrogen) atoms. The summed E-state index contributed by atoms with van der Waals surface area (Å²) in [4.78, 5) is 26.2. The summed E-state index contributed by atoms with van der Waals surface area (Å²) in [7, 11) is 0. The van der Waals surface area contributed by atoms with Gasteiger partial charge in [0.25, 0.3) is 5.91 Å². The first-order chi connectivity index (χ1) is 13.1. The second-order valence-electron chi connectivity index (χ2n) is 6.50. The molecule has 2 aromatic carbocycles. The number of carbonyl (C=O) groups is 2. The minimum atomic E-state index is -0.533. The van der Waals surface area contributed by atoms with E-state index >= 15 is 0 Å². The summed E-state index contributed by atoms with van der Waals surface area (Å²) in [5.74, 6) is -0.0264. The quantitative estimate of drug-likeness (QED) is 0.726. The van der Waals surface area contributed by atoms with Crippen molar-refractivity contribution in [1.82, 2.24) is 5.32 Å². The molecule has 0 saturated carbocycles. The number of nitrogens with zero attached hydrogens (tertiary/aromatic N) is 1. The van der Waals surface area contributed by atoms with Crippen molar-refractivity contribution < 1.29 is 18.7 Å². The van der Waals surface area contributed by atoms with Crippen molar-refractivity contribution in [2.75, 3.05) is 18.1 Å². The Labute approximate surface area is 158 Å². The number of ether oxygens (including phenoxy) is 1. The molecule has 1 N–H and O–H groups in total. The Balaban J connectivity index is 1.56. The van der Waals surface area contributed by atoms with Gasteiger partial charge in [-0.2, -0.15) is 0 Å². The number of halogens is 1. The number of amides is 2. The van der Waals surface area contributed by atoms with Gasteiger partial charge in [-0.1, -0.05) is 19.1 Å². The third-order valence-electron chi connectivity index (χ3n) is 4.43. The molecule has 0 radical (unpaired) electrons. The van der Waals surface area contributed by atoms with E-state index in [4.69, 9.17) is 4.74 Å². The second-order valence-corrected chi connectivity index (χ2v) is 6.50. The molecule has 0 aromatic heterocycles. The van der Waals surface area contributed by atoms with Crippen LogP contribution in [0.15, 0.2) is 48.5 Å². The summed E-state index contributed by atoms with van der Waals surface area (Å²) in [6, 6.07) is 12.7. The van der Waals surface area contributed by atoms with Crippen LogP contribution >= 0.6 is 0 Å². The van der Waals surface area contributed by atoms with E-state index < -0.39 is 6.04 Å². The molecule has 0 spiro atoms. The van der Waals surface area contributed by atoms with Crippen molar-refractivity contribution in [2.24, 2.45) is 0 Å². The van der Waals surface area contributed by atoms with Crippen molar-refractivity contribution in [3.63, 3.8) is 0 Å². The second kappa shape index (κ2) is 8.77. The zero-order valence-electron chi connectivity index (χ0n) is 15.3. The van der Waals surface area contributed by atoms with Crippen molar-refractivity contribution in [1.29, 1.82) is 0 Å². The van der Waals surface area contributed by atoms with Gasteiger partial charge in [-0.25, -0.2) is 9.29 Å². The number of nitrogens with one attached hydrogen (secondary N) is 1. The van der Waals surface area contributed by atoms with E-state index in [0.29, 0.717) is 31.0 Å². The van der Waals surface area contributed by atoms with Crippen LogP contribution in [0.2, 0.25) is 0 Å². The summed E-state index contributed by atoms with van der Waals surface area (Å²) >= 11 is 0. The molecule has 2 aromatic rings. The predicted octanol–water partition coefficient (Wildman–Crippen LogP) is 3.08. The van der Waals surface area contributed by atoms with Gasteiger partial charge >= 0.3 is 0 Å². The van der Waals surface area contributed by atoms with Gasteiger partial charge in [0.1, 0.15) is 11.6 Å². The third-order valence-corrected chi connectivity index (χ3v) is 4.43. The summed E-state index contributed by atoms with van der Waals surface area (Å²) in [6.07, 6.45) is 1.70. The van der Waals surface area contributed by atoms with Crippen LogP contribution in [0, 0.1) is 5.82 Å². The molecule has 1 heterocycles. The molecule has 1 aliphatic heterocycles. The van der Waals surface area contributed by atoms with Gasteiger partial charge < -0.3 is 10.1 Å². The fourth-order valence-electron chi connectivity index (χ4n) is 3.02. The van der Waals surface area contributed by atoms with E-state index in [1.807, 2.05) is 6.92 Å². The van der Waals surface area contributed by atoms with Crippen LogP contribution in [-0.4, -0.2) is 31.0 Å². The maximum atomic E-state index is 12.9. The lowest BCUT2D eigenvalue weighted by Gasteiger charge is -2.16. The highest BCUT2D eigenvalue weighted by molar-refractivity contribution is 6.22. The Morgan fingerprint density at radius 2 is 1.81 bits per heavy atom. The van der Waals surface area contributed by atoms with E-state index in [9.17, 15) is 14.0 Å². The van der Waals surface area contributed by atoms with Crippen LogP contribution in [0.25, 0.3) is 0 Å². The van der Waals surface area contributed by atoms with Gasteiger partial charge in [-0.3, -0.25) is 9.59 Å². The number of carbonyl (C=O) groups excluding carboxylic acids is 2. The average Bonchev–Trinajstić information content (AvgIpc) is 2.96. The maximum absolute atomic E-state index is 12.9. The SMILES string of the molecule is CCCOc1ccc(N2C(=O)C[C@H](NCCc3ccc(F)cc3)C2=O)cc1. The lowest BCUT2D eigenvalue weighted by molar-refractivity contribution is -0.121. The third kappa shape index (κ3) is 4.71. The molecule has 1 saturated heterocycles. The topological polar surface area (TPSA) is 58.6 Å². The van der Waals surface area contributed by atoms with Crippen LogP contribution in [0.3, 0.4) is 0 Å². The van der Waals surface area contributed by atoms with Gasteiger partial charge in [0.05, 0.1) is 24.8 Å². The number of rotatable bonds is 8. The highest BCUT2D eigenvalue weighted by Crippen LogP contribution is 2.25. The zero-order chi connectivity index (χ0) is 19.2. The van der Waals surface area contributed by atoms with Gasteiger partial charge in [0.2, 0.25) is 5.91 Å². The zero-order valence-corrected chi connectivity index (χ0v) is 15.3. The minimum Gasteiger partial charge on any atom is -0.494 e.